The second-order valence-electron chi connectivity index (χ2n) is 20.1. The number of ether oxygens (including phenoxy) is 6. The van der Waals surface area contributed by atoms with Gasteiger partial charge < -0.3 is 64.2 Å². The third kappa shape index (κ3) is 37.4. The van der Waals surface area contributed by atoms with Crippen LogP contribution in [0.4, 0.5) is 0 Å². The number of unbranched alkanes of at least 4 members (excludes halogenated alkanes) is 6. The smallest absolute Gasteiger partial charge is 0.306 e. The molecule has 0 aliphatic carbocycles. The highest BCUT2D eigenvalue weighted by Gasteiger charge is 2.47. The van der Waals surface area contributed by atoms with Crippen molar-refractivity contribution in [3.63, 3.8) is 0 Å². The second kappa shape index (κ2) is 51.3. The molecule has 2 aliphatic heterocycles. The highest BCUT2D eigenvalue weighted by molar-refractivity contribution is 5.69. The lowest BCUT2D eigenvalue weighted by Gasteiger charge is -2.42. The molecule has 11 atom stereocenters. The average Bonchev–Trinajstić information content (AvgIpc) is 3.46. The number of aliphatic hydroxyl groups is 7. The van der Waals surface area contributed by atoms with E-state index in [1.54, 1.807) is 0 Å². The first-order valence-electron chi connectivity index (χ1n) is 30.1. The van der Waals surface area contributed by atoms with E-state index in [9.17, 15) is 40.5 Å². The van der Waals surface area contributed by atoms with Crippen LogP contribution in [0, 0.1) is 0 Å². The molecule has 2 heterocycles. The fourth-order valence-corrected chi connectivity index (χ4v) is 8.27. The van der Waals surface area contributed by atoms with Crippen LogP contribution in [-0.2, 0) is 33.2 Å². The van der Waals surface area contributed by atoms with Crippen LogP contribution in [0.1, 0.15) is 155 Å². The Bertz CT molecular complexity index is 1940. The first-order chi connectivity index (χ1) is 39.6. The van der Waals surface area contributed by atoms with Crippen LogP contribution in [0.2, 0.25) is 0 Å². The maximum absolute atomic E-state index is 13.1. The largest absolute Gasteiger partial charge is 0.457 e. The highest BCUT2D eigenvalue weighted by Crippen LogP contribution is 2.26. The molecule has 0 bridgehead atoms. The standard InChI is InChI=1S/C67H104O14/c1-3-5-7-9-11-13-15-17-19-21-23-25-27-29-31-33-35-37-39-41-43-45-47-49-51-76-53-56(54-77-66-65(75)63(73)61(71)58(81-66)55-78-67-64(74)62(72)60(70)57(52-68)80-67)79-59(69)50-48-46-44-42-40-38-36-34-32-30-28-26-24-22-20-18-16-14-12-10-8-6-4-2/h5-8,11-14,17-20,23-26,29-32,35-38,41,43,56-58,60-68,70-75H,3-4,9-10,15-16,21-22,27-28,33-34,39-40,42,44-55H2,1-2H3/b7-5-,8-6-,13-11-,14-12-,19-17-,20-18-,25-23-,26-24-,31-29-,32-30-,37-35-,38-36-,43-41-. The summed E-state index contributed by atoms with van der Waals surface area (Å²) < 4.78 is 34.3. The zero-order chi connectivity index (χ0) is 58.6. The second-order valence-corrected chi connectivity index (χ2v) is 20.1. The minimum Gasteiger partial charge on any atom is -0.457 e. The monoisotopic (exact) mass is 1130 g/mol. The molecule has 456 valence electrons. The van der Waals surface area contributed by atoms with Gasteiger partial charge in [0.25, 0.3) is 0 Å². The molecule has 7 N–H and O–H groups in total. The number of hydrogen-bond acceptors (Lipinski definition) is 14. The summed E-state index contributed by atoms with van der Waals surface area (Å²) >= 11 is 0. The van der Waals surface area contributed by atoms with Crippen LogP contribution in [0.3, 0.4) is 0 Å². The Labute approximate surface area is 486 Å². The van der Waals surface area contributed by atoms with Gasteiger partial charge in [-0.1, -0.05) is 185 Å². The van der Waals surface area contributed by atoms with E-state index in [2.05, 4.69) is 172 Å². The van der Waals surface area contributed by atoms with Crippen molar-refractivity contribution in [3.8, 4) is 0 Å². The van der Waals surface area contributed by atoms with Gasteiger partial charge in [-0.05, 0) is 122 Å². The first-order valence-corrected chi connectivity index (χ1v) is 30.1. The molecule has 0 aromatic carbocycles. The van der Waals surface area contributed by atoms with Gasteiger partial charge in [-0.25, -0.2) is 0 Å². The van der Waals surface area contributed by atoms with E-state index in [0.29, 0.717) is 13.0 Å². The topological polar surface area (TPSA) is 214 Å². The molecular weight excluding hydrogens is 1030 g/mol. The lowest BCUT2D eigenvalue weighted by atomic mass is 9.98. The van der Waals surface area contributed by atoms with Crippen molar-refractivity contribution in [2.75, 3.05) is 33.0 Å². The van der Waals surface area contributed by atoms with Crippen LogP contribution in [-0.4, -0.2) is 142 Å². The van der Waals surface area contributed by atoms with Crippen LogP contribution in [0.25, 0.3) is 0 Å². The van der Waals surface area contributed by atoms with Crippen molar-refractivity contribution in [1.29, 1.82) is 0 Å². The third-order valence-electron chi connectivity index (χ3n) is 13.0. The normalized spacial score (nSPS) is 24.9. The first kappa shape index (κ1) is 72.7. The number of aliphatic hydroxyl groups excluding tert-OH is 7. The van der Waals surface area contributed by atoms with E-state index in [-0.39, 0.29) is 19.6 Å². The minimum absolute atomic E-state index is 0.00780. The molecule has 81 heavy (non-hydrogen) atoms. The molecule has 2 rings (SSSR count). The molecule has 0 amide bonds. The maximum atomic E-state index is 13.1. The van der Waals surface area contributed by atoms with E-state index in [1.807, 2.05) is 0 Å². The van der Waals surface area contributed by atoms with Gasteiger partial charge in [0, 0.05) is 13.0 Å². The number of rotatable bonds is 46. The quantitative estimate of drug-likeness (QED) is 0.0172. The van der Waals surface area contributed by atoms with Crippen molar-refractivity contribution in [2.24, 2.45) is 0 Å². The molecule has 0 aromatic rings. The Morgan fingerprint density at radius 2 is 0.765 bits per heavy atom. The van der Waals surface area contributed by atoms with Crippen LogP contribution in [0.5, 0.6) is 0 Å². The van der Waals surface area contributed by atoms with E-state index in [1.165, 1.54) is 0 Å². The zero-order valence-corrected chi connectivity index (χ0v) is 48.9. The molecule has 2 aliphatic rings. The lowest BCUT2D eigenvalue weighted by molar-refractivity contribution is -0.332. The number of carbonyl (C=O) groups is 1. The average molecular weight is 1130 g/mol. The van der Waals surface area contributed by atoms with Gasteiger partial charge in [-0.15, -0.1) is 0 Å². The Morgan fingerprint density at radius 1 is 0.407 bits per heavy atom. The Hall–Kier alpha value is -4.39. The van der Waals surface area contributed by atoms with Gasteiger partial charge in [0.1, 0.15) is 54.9 Å². The summed E-state index contributed by atoms with van der Waals surface area (Å²) in [7, 11) is 0. The molecule has 11 unspecified atom stereocenters. The van der Waals surface area contributed by atoms with Crippen molar-refractivity contribution in [1.82, 2.24) is 0 Å². The number of esters is 1. The van der Waals surface area contributed by atoms with Gasteiger partial charge in [0.05, 0.1) is 26.4 Å². The number of allylic oxidation sites excluding steroid dienone is 26. The minimum atomic E-state index is -1.73. The Morgan fingerprint density at radius 3 is 1.19 bits per heavy atom. The number of carbonyl (C=O) groups excluding carboxylic acids is 1. The molecule has 14 heteroatoms. The van der Waals surface area contributed by atoms with Gasteiger partial charge in [0.2, 0.25) is 0 Å². The number of hydrogen-bond donors (Lipinski definition) is 7. The zero-order valence-electron chi connectivity index (χ0n) is 48.9. The van der Waals surface area contributed by atoms with Gasteiger partial charge >= 0.3 is 5.97 Å². The molecule has 14 nitrogen and oxygen atoms in total. The molecule has 2 fully saturated rings. The fourth-order valence-electron chi connectivity index (χ4n) is 8.27. The predicted molar refractivity (Wildman–Crippen MR) is 325 cm³/mol. The Balaban J connectivity index is 1.76. The summed E-state index contributed by atoms with van der Waals surface area (Å²) in [6.45, 7) is 3.27. The molecule has 0 radical (unpaired) electrons. The molecular formula is C67H104O14. The summed E-state index contributed by atoms with van der Waals surface area (Å²) in [6.07, 6.45) is 60.1. The summed E-state index contributed by atoms with van der Waals surface area (Å²) in [5.74, 6) is -0.424. The van der Waals surface area contributed by atoms with Crippen molar-refractivity contribution < 1.29 is 69.0 Å². The Kier molecular flexibility index (Phi) is 46.0. The van der Waals surface area contributed by atoms with Crippen LogP contribution < -0.4 is 0 Å². The van der Waals surface area contributed by atoms with Gasteiger partial charge in [-0.2, -0.15) is 0 Å². The SMILES string of the molecule is CC/C=C\C/C=C\C/C=C\C/C=C\C/C=C\C/C=C\C/C=C\CCCCOCC(COC1OC(COC2OC(CO)C(O)C(O)C2O)C(O)C(O)C1O)OC(=O)CCCCCC/C=C\C/C=C\C/C=C\C/C=C\C/C=C\C/C=C\CC. The fraction of sp³-hybridized carbons (Fsp3) is 0.597. The summed E-state index contributed by atoms with van der Waals surface area (Å²) in [6, 6.07) is 0. The molecule has 2 saturated heterocycles. The lowest BCUT2D eigenvalue weighted by Crippen LogP contribution is -2.61. The van der Waals surface area contributed by atoms with E-state index >= 15 is 0 Å². The maximum Gasteiger partial charge on any atom is 0.306 e. The summed E-state index contributed by atoms with van der Waals surface area (Å²) in [4.78, 5) is 13.1. The molecule has 0 aromatic heterocycles. The summed E-state index contributed by atoms with van der Waals surface area (Å²) in [5.41, 5.74) is 0. The third-order valence-corrected chi connectivity index (χ3v) is 13.0. The predicted octanol–water partition coefficient (Wildman–Crippen LogP) is 11.4. The van der Waals surface area contributed by atoms with E-state index < -0.39 is 86.7 Å². The van der Waals surface area contributed by atoms with E-state index in [4.69, 9.17) is 28.4 Å². The van der Waals surface area contributed by atoms with Crippen molar-refractivity contribution >= 4 is 5.97 Å². The molecule has 0 saturated carbocycles. The summed E-state index contributed by atoms with van der Waals surface area (Å²) in [5, 5.41) is 72.4. The van der Waals surface area contributed by atoms with Gasteiger partial charge in [-0.3, -0.25) is 4.79 Å². The van der Waals surface area contributed by atoms with Crippen LogP contribution in [0.15, 0.2) is 158 Å². The molecule has 0 spiro atoms. The van der Waals surface area contributed by atoms with Crippen molar-refractivity contribution in [2.45, 2.75) is 223 Å². The van der Waals surface area contributed by atoms with E-state index in [0.717, 1.165) is 128 Å². The van der Waals surface area contributed by atoms with Crippen LogP contribution >= 0.6 is 0 Å². The van der Waals surface area contributed by atoms with Gasteiger partial charge in [0.15, 0.2) is 12.6 Å². The highest BCUT2D eigenvalue weighted by atomic mass is 16.7. The van der Waals surface area contributed by atoms with Crippen molar-refractivity contribution in [3.05, 3.63) is 158 Å².